The Morgan fingerprint density at radius 2 is 2.33 bits per heavy atom. The smallest absolute Gasteiger partial charge is 0.140 e. The van der Waals surface area contributed by atoms with Gasteiger partial charge in [-0.15, -0.1) is 0 Å². The fourth-order valence-electron chi connectivity index (χ4n) is 1.97. The van der Waals surface area contributed by atoms with Gasteiger partial charge in [-0.3, -0.25) is 0 Å². The number of rotatable bonds is 3. The summed E-state index contributed by atoms with van der Waals surface area (Å²) in [6.07, 6.45) is 6.62. The molecular formula is C11H16BrN3. The molecule has 0 spiro atoms. The van der Waals surface area contributed by atoms with Crippen molar-refractivity contribution in [2.24, 2.45) is 0 Å². The molecule has 1 aliphatic carbocycles. The number of nitrogens with zero attached hydrogens (tertiary/aromatic N) is 1. The number of nitrogens with one attached hydrogen (secondary N) is 1. The first-order chi connectivity index (χ1) is 7.15. The molecule has 0 atom stereocenters. The Labute approximate surface area is 98.6 Å². The molecule has 1 heterocycles. The van der Waals surface area contributed by atoms with Gasteiger partial charge in [0.2, 0.25) is 0 Å². The van der Waals surface area contributed by atoms with Crippen molar-refractivity contribution >= 4 is 27.4 Å². The van der Waals surface area contributed by atoms with Gasteiger partial charge in [0, 0.05) is 5.54 Å². The van der Waals surface area contributed by atoms with Crippen molar-refractivity contribution in [3.63, 3.8) is 0 Å². The third-order valence-corrected chi connectivity index (χ3v) is 3.84. The van der Waals surface area contributed by atoms with Crippen LogP contribution < -0.4 is 11.1 Å². The molecule has 3 nitrogen and oxygen atoms in total. The number of hydrogen-bond donors (Lipinski definition) is 2. The van der Waals surface area contributed by atoms with E-state index in [1.165, 1.54) is 19.3 Å². The van der Waals surface area contributed by atoms with Crippen LogP contribution in [0.1, 0.15) is 32.6 Å². The molecule has 1 aromatic rings. The van der Waals surface area contributed by atoms with Crippen molar-refractivity contribution in [2.45, 2.75) is 38.1 Å². The first kappa shape index (κ1) is 10.7. The standard InChI is InChI=1S/C11H16BrN3/c1-2-11(4-3-5-11)15-10-9(12)6-8(13)7-14-10/h6-7H,2-5,13H2,1H3,(H,14,15). The van der Waals surface area contributed by atoms with Crippen molar-refractivity contribution < 1.29 is 0 Å². The van der Waals surface area contributed by atoms with Gasteiger partial charge in [0.15, 0.2) is 0 Å². The Hall–Kier alpha value is -0.770. The zero-order valence-electron chi connectivity index (χ0n) is 8.89. The quantitative estimate of drug-likeness (QED) is 0.886. The number of nitrogen functional groups attached to an aromatic ring is 1. The summed E-state index contributed by atoms with van der Waals surface area (Å²) in [4.78, 5) is 4.31. The van der Waals surface area contributed by atoms with Gasteiger partial charge in [-0.1, -0.05) is 6.92 Å². The van der Waals surface area contributed by atoms with Crippen LogP contribution in [0, 0.1) is 0 Å². The molecule has 2 rings (SSSR count). The van der Waals surface area contributed by atoms with E-state index >= 15 is 0 Å². The first-order valence-corrected chi connectivity index (χ1v) is 6.14. The minimum absolute atomic E-state index is 0.269. The van der Waals surface area contributed by atoms with E-state index in [0.717, 1.165) is 16.7 Å². The lowest BCUT2D eigenvalue weighted by Gasteiger charge is -2.42. The molecule has 15 heavy (non-hydrogen) atoms. The number of hydrogen-bond acceptors (Lipinski definition) is 3. The van der Waals surface area contributed by atoms with Crippen LogP contribution in [0.4, 0.5) is 11.5 Å². The van der Waals surface area contributed by atoms with Crippen LogP contribution in [0.25, 0.3) is 0 Å². The van der Waals surface area contributed by atoms with Crippen LogP contribution in [0.15, 0.2) is 16.7 Å². The molecular weight excluding hydrogens is 254 g/mol. The summed E-state index contributed by atoms with van der Waals surface area (Å²) in [5, 5.41) is 3.52. The molecule has 0 bridgehead atoms. The van der Waals surface area contributed by atoms with Crippen LogP contribution in [0.2, 0.25) is 0 Å². The molecule has 0 radical (unpaired) electrons. The average molecular weight is 270 g/mol. The second-order valence-corrected chi connectivity index (χ2v) is 5.07. The van der Waals surface area contributed by atoms with Crippen molar-refractivity contribution in [3.8, 4) is 0 Å². The van der Waals surface area contributed by atoms with Crippen molar-refractivity contribution in [3.05, 3.63) is 16.7 Å². The topological polar surface area (TPSA) is 50.9 Å². The van der Waals surface area contributed by atoms with E-state index in [4.69, 9.17) is 5.73 Å². The molecule has 4 heteroatoms. The monoisotopic (exact) mass is 269 g/mol. The minimum atomic E-state index is 0.269. The first-order valence-electron chi connectivity index (χ1n) is 5.34. The molecule has 1 saturated carbocycles. The fraction of sp³-hybridized carbons (Fsp3) is 0.545. The lowest BCUT2D eigenvalue weighted by molar-refractivity contribution is 0.268. The zero-order valence-corrected chi connectivity index (χ0v) is 10.5. The Morgan fingerprint density at radius 1 is 1.60 bits per heavy atom. The van der Waals surface area contributed by atoms with Gasteiger partial charge >= 0.3 is 0 Å². The largest absolute Gasteiger partial charge is 0.397 e. The van der Waals surface area contributed by atoms with Crippen LogP contribution in [-0.4, -0.2) is 10.5 Å². The summed E-state index contributed by atoms with van der Waals surface area (Å²) in [5.41, 5.74) is 6.61. The van der Waals surface area contributed by atoms with E-state index in [2.05, 4.69) is 33.2 Å². The van der Waals surface area contributed by atoms with Crippen LogP contribution in [0.5, 0.6) is 0 Å². The van der Waals surface area contributed by atoms with E-state index in [9.17, 15) is 0 Å². The number of anilines is 2. The Kier molecular flexibility index (Phi) is 2.87. The molecule has 0 unspecified atom stereocenters. The number of aromatic nitrogens is 1. The summed E-state index contributed by atoms with van der Waals surface area (Å²) >= 11 is 3.48. The van der Waals surface area contributed by atoms with Gasteiger partial charge in [0.1, 0.15) is 5.82 Å². The van der Waals surface area contributed by atoms with E-state index in [1.54, 1.807) is 6.20 Å². The minimum Gasteiger partial charge on any atom is -0.397 e. The predicted molar refractivity (Wildman–Crippen MR) is 66.8 cm³/mol. The number of nitrogens with two attached hydrogens (primary N) is 1. The molecule has 1 aliphatic rings. The Morgan fingerprint density at radius 3 is 2.80 bits per heavy atom. The highest BCUT2D eigenvalue weighted by molar-refractivity contribution is 9.10. The molecule has 0 aromatic carbocycles. The van der Waals surface area contributed by atoms with Gasteiger partial charge in [-0.25, -0.2) is 4.98 Å². The maximum Gasteiger partial charge on any atom is 0.140 e. The predicted octanol–water partition coefficient (Wildman–Crippen LogP) is 3.17. The lowest BCUT2D eigenvalue weighted by atomic mass is 9.75. The summed E-state index contributed by atoms with van der Waals surface area (Å²) in [6, 6.07) is 1.89. The molecule has 1 fully saturated rings. The third kappa shape index (κ3) is 2.09. The lowest BCUT2D eigenvalue weighted by Crippen LogP contribution is -2.44. The van der Waals surface area contributed by atoms with Crippen molar-refractivity contribution in [1.82, 2.24) is 4.98 Å². The zero-order chi connectivity index (χ0) is 10.9. The fourth-order valence-corrected chi connectivity index (χ4v) is 2.43. The highest BCUT2D eigenvalue weighted by Gasteiger charge is 2.35. The van der Waals surface area contributed by atoms with E-state index in [1.807, 2.05) is 6.07 Å². The van der Waals surface area contributed by atoms with E-state index in [0.29, 0.717) is 5.69 Å². The molecule has 3 N–H and O–H groups in total. The van der Waals surface area contributed by atoms with Crippen LogP contribution in [-0.2, 0) is 0 Å². The maximum absolute atomic E-state index is 5.65. The van der Waals surface area contributed by atoms with Crippen molar-refractivity contribution in [1.29, 1.82) is 0 Å². The third-order valence-electron chi connectivity index (χ3n) is 3.23. The second-order valence-electron chi connectivity index (χ2n) is 4.21. The molecule has 0 aliphatic heterocycles. The highest BCUT2D eigenvalue weighted by atomic mass is 79.9. The molecule has 0 amide bonds. The van der Waals surface area contributed by atoms with E-state index in [-0.39, 0.29) is 5.54 Å². The van der Waals surface area contributed by atoms with Gasteiger partial charge in [-0.2, -0.15) is 0 Å². The normalized spacial score (nSPS) is 18.3. The van der Waals surface area contributed by atoms with Crippen LogP contribution in [0.3, 0.4) is 0 Å². The van der Waals surface area contributed by atoms with Crippen LogP contribution >= 0.6 is 15.9 Å². The number of halogens is 1. The average Bonchev–Trinajstić information content (AvgIpc) is 2.14. The Bertz CT molecular complexity index is 355. The van der Waals surface area contributed by atoms with Gasteiger partial charge in [0.05, 0.1) is 16.4 Å². The van der Waals surface area contributed by atoms with E-state index < -0.39 is 0 Å². The summed E-state index contributed by atoms with van der Waals surface area (Å²) in [5.74, 6) is 0.908. The van der Waals surface area contributed by atoms with Gasteiger partial charge < -0.3 is 11.1 Å². The second kappa shape index (κ2) is 4.00. The maximum atomic E-state index is 5.65. The SMILES string of the molecule is CCC1(Nc2ncc(N)cc2Br)CCC1. The summed E-state index contributed by atoms with van der Waals surface area (Å²) in [7, 11) is 0. The Balaban J connectivity index is 2.16. The molecule has 0 saturated heterocycles. The number of pyridine rings is 1. The summed E-state index contributed by atoms with van der Waals surface area (Å²) < 4.78 is 0.947. The van der Waals surface area contributed by atoms with Gasteiger partial charge in [0.25, 0.3) is 0 Å². The summed E-state index contributed by atoms with van der Waals surface area (Å²) in [6.45, 7) is 2.22. The molecule has 82 valence electrons. The molecule has 1 aromatic heterocycles. The van der Waals surface area contributed by atoms with Gasteiger partial charge in [-0.05, 0) is 47.7 Å². The van der Waals surface area contributed by atoms with Crippen molar-refractivity contribution in [2.75, 3.05) is 11.1 Å². The highest BCUT2D eigenvalue weighted by Crippen LogP contribution is 2.39.